The monoisotopic (exact) mass is 272 g/mol. The van der Waals surface area contributed by atoms with Crippen molar-refractivity contribution < 1.29 is 4.79 Å². The van der Waals surface area contributed by atoms with Gasteiger partial charge in [-0.1, -0.05) is 6.07 Å². The summed E-state index contributed by atoms with van der Waals surface area (Å²) in [4.78, 5) is 11.8. The minimum absolute atomic E-state index is 0.0463. The molecule has 0 aliphatic heterocycles. The fourth-order valence-electron chi connectivity index (χ4n) is 1.96. The van der Waals surface area contributed by atoms with E-state index in [1.165, 1.54) is 0 Å². The van der Waals surface area contributed by atoms with E-state index in [1.807, 2.05) is 45.2 Å². The average Bonchev–Trinajstić information content (AvgIpc) is 2.83. The van der Waals surface area contributed by atoms with Gasteiger partial charge < -0.3 is 10.6 Å². The molecule has 2 rings (SSSR count). The quantitative estimate of drug-likeness (QED) is 0.782. The van der Waals surface area contributed by atoms with Crippen LogP contribution in [-0.4, -0.2) is 22.6 Å². The van der Waals surface area contributed by atoms with Gasteiger partial charge in [0.25, 0.3) is 5.91 Å². The third kappa shape index (κ3) is 3.17. The summed E-state index contributed by atoms with van der Waals surface area (Å²) < 4.78 is 0. The first kappa shape index (κ1) is 14.1. The Kier molecular flexibility index (Phi) is 4.40. The highest BCUT2D eigenvalue weighted by Crippen LogP contribution is 2.18. The predicted molar refractivity (Wildman–Crippen MR) is 79.8 cm³/mol. The molecular formula is C15H20N4O. The molecule has 1 aromatic heterocycles. The predicted octanol–water partition coefficient (Wildman–Crippen LogP) is 2.39. The maximum Gasteiger partial charge on any atom is 0.251 e. The second kappa shape index (κ2) is 6.23. The van der Waals surface area contributed by atoms with Gasteiger partial charge in [-0.25, -0.2) is 0 Å². The molecule has 106 valence electrons. The number of carbonyl (C=O) groups excluding carboxylic acids is 1. The molecule has 0 aliphatic carbocycles. The van der Waals surface area contributed by atoms with Crippen molar-refractivity contribution in [3.63, 3.8) is 0 Å². The number of amides is 1. The summed E-state index contributed by atoms with van der Waals surface area (Å²) in [5, 5.41) is 13.1. The summed E-state index contributed by atoms with van der Waals surface area (Å²) in [7, 11) is 0. The van der Waals surface area contributed by atoms with Gasteiger partial charge in [0.1, 0.15) is 0 Å². The van der Waals surface area contributed by atoms with E-state index in [2.05, 4.69) is 20.8 Å². The van der Waals surface area contributed by atoms with E-state index >= 15 is 0 Å². The second-order valence-corrected chi connectivity index (χ2v) is 4.76. The molecule has 0 saturated heterocycles. The molecule has 0 radical (unpaired) electrons. The number of hydrogen-bond acceptors (Lipinski definition) is 3. The van der Waals surface area contributed by atoms with E-state index in [0.717, 1.165) is 22.5 Å². The van der Waals surface area contributed by atoms with Crippen LogP contribution in [0.5, 0.6) is 0 Å². The summed E-state index contributed by atoms with van der Waals surface area (Å²) in [6.07, 6.45) is 1.81. The molecule has 1 aromatic carbocycles. The van der Waals surface area contributed by atoms with Crippen molar-refractivity contribution in [3.8, 4) is 0 Å². The number of nitrogens with zero attached hydrogens (tertiary/aromatic N) is 1. The Morgan fingerprint density at radius 1 is 1.35 bits per heavy atom. The van der Waals surface area contributed by atoms with Gasteiger partial charge in [0, 0.05) is 35.6 Å². The van der Waals surface area contributed by atoms with E-state index < -0.39 is 0 Å². The van der Waals surface area contributed by atoms with Gasteiger partial charge in [0.2, 0.25) is 0 Å². The van der Waals surface area contributed by atoms with Crippen LogP contribution in [0.15, 0.2) is 24.4 Å². The largest absolute Gasteiger partial charge is 0.381 e. The van der Waals surface area contributed by atoms with Crippen LogP contribution >= 0.6 is 0 Å². The highest BCUT2D eigenvalue weighted by Gasteiger charge is 2.07. The number of H-pyrrole nitrogens is 1. The lowest BCUT2D eigenvalue weighted by molar-refractivity contribution is 0.0956. The zero-order valence-corrected chi connectivity index (χ0v) is 12.1. The first-order valence-corrected chi connectivity index (χ1v) is 6.73. The van der Waals surface area contributed by atoms with Crippen LogP contribution in [0.1, 0.15) is 34.1 Å². The average molecular weight is 272 g/mol. The molecule has 0 spiro atoms. The number of rotatable bonds is 5. The molecule has 0 unspecified atom stereocenters. The van der Waals surface area contributed by atoms with Crippen molar-refractivity contribution in [3.05, 3.63) is 46.8 Å². The SMILES string of the molecule is CCNC(=O)c1ccc(C)c(NCc2cn[nH]c2C)c1. The van der Waals surface area contributed by atoms with E-state index in [0.29, 0.717) is 18.7 Å². The van der Waals surface area contributed by atoms with Crippen LogP contribution < -0.4 is 10.6 Å². The molecule has 0 aliphatic rings. The molecule has 20 heavy (non-hydrogen) atoms. The van der Waals surface area contributed by atoms with Crippen LogP contribution in [0.2, 0.25) is 0 Å². The molecule has 0 fully saturated rings. The highest BCUT2D eigenvalue weighted by molar-refractivity contribution is 5.95. The van der Waals surface area contributed by atoms with Crippen LogP contribution in [-0.2, 0) is 6.54 Å². The van der Waals surface area contributed by atoms with Gasteiger partial charge >= 0.3 is 0 Å². The number of hydrogen-bond donors (Lipinski definition) is 3. The maximum absolute atomic E-state index is 11.8. The van der Waals surface area contributed by atoms with Crippen molar-refractivity contribution >= 4 is 11.6 Å². The minimum Gasteiger partial charge on any atom is -0.381 e. The van der Waals surface area contributed by atoms with Crippen molar-refractivity contribution in [2.45, 2.75) is 27.3 Å². The van der Waals surface area contributed by atoms with Crippen LogP contribution in [0.3, 0.4) is 0 Å². The molecule has 2 aromatic rings. The normalized spacial score (nSPS) is 10.3. The first-order chi connectivity index (χ1) is 9.61. The fourth-order valence-corrected chi connectivity index (χ4v) is 1.96. The Morgan fingerprint density at radius 3 is 2.80 bits per heavy atom. The van der Waals surface area contributed by atoms with E-state index in [-0.39, 0.29) is 5.91 Å². The van der Waals surface area contributed by atoms with Crippen LogP contribution in [0.4, 0.5) is 5.69 Å². The van der Waals surface area contributed by atoms with Gasteiger partial charge in [-0.05, 0) is 38.5 Å². The summed E-state index contributed by atoms with van der Waals surface area (Å²) in [6.45, 7) is 7.23. The van der Waals surface area contributed by atoms with Gasteiger partial charge in [-0.2, -0.15) is 5.10 Å². The molecule has 0 saturated carbocycles. The third-order valence-corrected chi connectivity index (χ3v) is 3.24. The smallest absolute Gasteiger partial charge is 0.251 e. The molecule has 1 heterocycles. The number of carbonyl (C=O) groups is 1. The van der Waals surface area contributed by atoms with Gasteiger partial charge in [-0.15, -0.1) is 0 Å². The van der Waals surface area contributed by atoms with Crippen molar-refractivity contribution in [2.24, 2.45) is 0 Å². The summed E-state index contributed by atoms with van der Waals surface area (Å²) in [5.41, 5.74) is 4.92. The third-order valence-electron chi connectivity index (χ3n) is 3.24. The van der Waals surface area contributed by atoms with Crippen LogP contribution in [0, 0.1) is 13.8 Å². The minimum atomic E-state index is -0.0463. The topological polar surface area (TPSA) is 69.8 Å². The van der Waals surface area contributed by atoms with Gasteiger partial charge in [-0.3, -0.25) is 9.89 Å². The standard InChI is InChI=1S/C15H20N4O/c1-4-16-15(20)12-6-5-10(2)14(7-12)17-8-13-9-18-19-11(13)3/h5-7,9,17H,4,8H2,1-3H3,(H,16,20)(H,18,19). The second-order valence-electron chi connectivity index (χ2n) is 4.76. The summed E-state index contributed by atoms with van der Waals surface area (Å²) >= 11 is 0. The summed E-state index contributed by atoms with van der Waals surface area (Å²) in [6, 6.07) is 5.68. The maximum atomic E-state index is 11.8. The molecule has 0 atom stereocenters. The Morgan fingerprint density at radius 2 is 2.15 bits per heavy atom. The lowest BCUT2D eigenvalue weighted by Crippen LogP contribution is -2.22. The lowest BCUT2D eigenvalue weighted by Gasteiger charge is -2.11. The Bertz CT molecular complexity index is 604. The van der Waals surface area contributed by atoms with Gasteiger partial charge in [0.05, 0.1) is 6.20 Å². The molecule has 5 heteroatoms. The van der Waals surface area contributed by atoms with E-state index in [1.54, 1.807) is 0 Å². The molecule has 1 amide bonds. The van der Waals surface area contributed by atoms with Gasteiger partial charge in [0.15, 0.2) is 0 Å². The Balaban J connectivity index is 2.12. The lowest BCUT2D eigenvalue weighted by atomic mass is 10.1. The number of nitrogens with one attached hydrogen (secondary N) is 3. The highest BCUT2D eigenvalue weighted by atomic mass is 16.1. The van der Waals surface area contributed by atoms with Crippen LogP contribution in [0.25, 0.3) is 0 Å². The number of anilines is 1. The van der Waals surface area contributed by atoms with Crippen molar-refractivity contribution in [1.82, 2.24) is 15.5 Å². The molecule has 5 nitrogen and oxygen atoms in total. The molecule has 3 N–H and O–H groups in total. The zero-order valence-electron chi connectivity index (χ0n) is 12.1. The van der Waals surface area contributed by atoms with Crippen molar-refractivity contribution in [1.29, 1.82) is 0 Å². The van der Waals surface area contributed by atoms with E-state index in [9.17, 15) is 4.79 Å². The molecule has 0 bridgehead atoms. The Labute approximate surface area is 118 Å². The number of benzene rings is 1. The zero-order chi connectivity index (χ0) is 14.5. The number of aromatic nitrogens is 2. The van der Waals surface area contributed by atoms with Crippen molar-refractivity contribution in [2.75, 3.05) is 11.9 Å². The first-order valence-electron chi connectivity index (χ1n) is 6.73. The molecular weight excluding hydrogens is 252 g/mol. The fraction of sp³-hybridized carbons (Fsp3) is 0.333. The number of aryl methyl sites for hydroxylation is 2. The Hall–Kier alpha value is -2.30. The van der Waals surface area contributed by atoms with E-state index in [4.69, 9.17) is 0 Å². The summed E-state index contributed by atoms with van der Waals surface area (Å²) in [5.74, 6) is -0.0463. The number of aromatic amines is 1.